The third-order valence-corrected chi connectivity index (χ3v) is 19.0. The quantitative estimate of drug-likeness (QED) is 0.160. The molecule has 0 amide bonds. The van der Waals surface area contributed by atoms with E-state index < -0.39 is 10.8 Å². The highest BCUT2D eigenvalue weighted by atomic mass is 15.3. The zero-order valence-electron chi connectivity index (χ0n) is 47.9. The van der Waals surface area contributed by atoms with E-state index in [0.717, 1.165) is 84.4 Å². The lowest BCUT2D eigenvalue weighted by molar-refractivity contribution is 0.631. The van der Waals surface area contributed by atoms with Crippen LogP contribution in [0.2, 0.25) is 0 Å². The van der Waals surface area contributed by atoms with E-state index in [-0.39, 0.29) is 0 Å². The van der Waals surface area contributed by atoms with E-state index in [1.165, 1.54) is 65.9 Å². The van der Waals surface area contributed by atoms with Crippen LogP contribution in [0.25, 0.3) is 82.5 Å². The van der Waals surface area contributed by atoms with Crippen molar-refractivity contribution in [1.82, 2.24) is 23.7 Å². The van der Waals surface area contributed by atoms with Crippen LogP contribution in [0.1, 0.15) is 47.2 Å². The molecule has 0 aliphatic carbocycles. The number of fused-ring (bicyclic) bond motifs is 13. The minimum Gasteiger partial charge on any atom is -0.309 e. The Hall–Kier alpha value is -11.3. The molecule has 16 aromatic rings. The largest absolute Gasteiger partial charge is 0.309 e. The van der Waals surface area contributed by atoms with Crippen molar-refractivity contribution in [2.45, 2.75) is 24.7 Å². The Kier molecular flexibility index (Phi) is 10.5. The lowest BCUT2D eigenvalue weighted by Gasteiger charge is -2.46. The molecule has 11 aromatic carbocycles. The van der Waals surface area contributed by atoms with Gasteiger partial charge in [0, 0.05) is 67.4 Å². The molecule has 18 rings (SSSR count). The van der Waals surface area contributed by atoms with Gasteiger partial charge in [0.25, 0.3) is 0 Å². The van der Waals surface area contributed by atoms with Gasteiger partial charge in [-0.15, -0.1) is 0 Å². The summed E-state index contributed by atoms with van der Waals surface area (Å²) in [6.07, 6.45) is 3.99. The molecule has 0 radical (unpaired) electrons. The van der Waals surface area contributed by atoms with E-state index in [1.807, 2.05) is 12.4 Å². The van der Waals surface area contributed by atoms with Crippen molar-refractivity contribution < 1.29 is 0 Å². The zero-order valence-corrected chi connectivity index (χ0v) is 47.9. The predicted molar refractivity (Wildman–Crippen MR) is 358 cm³/mol. The van der Waals surface area contributed by atoms with Crippen molar-refractivity contribution in [3.05, 3.63) is 331 Å². The molecule has 0 unspecified atom stereocenters. The van der Waals surface area contributed by atoms with Gasteiger partial charge in [0.05, 0.1) is 73.1 Å². The molecule has 7 heteroatoms. The lowest BCUT2D eigenvalue weighted by atomic mass is 9.62. The summed E-state index contributed by atoms with van der Waals surface area (Å²) in [5, 5.41) is 7.27. The minimum atomic E-state index is -0.695. The van der Waals surface area contributed by atoms with Gasteiger partial charge in [0.1, 0.15) is 11.6 Å². The highest BCUT2D eigenvalue weighted by Crippen LogP contribution is 2.59. The predicted octanol–water partition coefficient (Wildman–Crippen LogP) is 20.0. The number of aromatic nitrogens is 5. The molecule has 0 bridgehead atoms. The van der Waals surface area contributed by atoms with Crippen molar-refractivity contribution in [2.24, 2.45) is 0 Å². The first kappa shape index (κ1) is 49.2. The topological polar surface area (TPSA) is 47.1 Å². The maximum Gasteiger partial charge on any atom is 0.142 e. The first-order chi connectivity index (χ1) is 42.9. The van der Waals surface area contributed by atoms with Crippen molar-refractivity contribution in [1.29, 1.82) is 0 Å². The maximum atomic E-state index is 6.05. The number of anilines is 6. The minimum absolute atomic E-state index is 0.396. The Bertz CT molecular complexity index is 5280. The number of para-hydroxylation sites is 7. The second kappa shape index (κ2) is 18.6. The van der Waals surface area contributed by atoms with Gasteiger partial charge in [-0.05, 0) is 118 Å². The van der Waals surface area contributed by atoms with Gasteiger partial charge in [0.15, 0.2) is 0 Å². The number of hydrogen-bond donors (Lipinski definition) is 0. The molecule has 2 aliphatic heterocycles. The molecule has 0 saturated heterocycles. The summed E-state index contributed by atoms with van der Waals surface area (Å²) in [4.78, 5) is 15.8. The highest BCUT2D eigenvalue weighted by molar-refractivity contribution is 6.13. The van der Waals surface area contributed by atoms with Crippen molar-refractivity contribution in [2.75, 3.05) is 9.80 Å². The van der Waals surface area contributed by atoms with Crippen LogP contribution in [-0.2, 0) is 10.8 Å². The van der Waals surface area contributed by atoms with Crippen LogP contribution in [0.15, 0.2) is 298 Å². The summed E-state index contributed by atoms with van der Waals surface area (Å²) in [5.74, 6) is 1.55. The molecule has 5 aromatic heterocycles. The number of rotatable bonds is 7. The second-order valence-corrected chi connectivity index (χ2v) is 23.7. The molecule has 410 valence electrons. The molecule has 2 aliphatic rings. The Morgan fingerprint density at radius 2 is 0.678 bits per heavy atom. The SMILES string of the molecule is CC1(C)c2ccccc2N(c2cc(-n3c4ccccc4c4cc(-n5c6ccccc6c6ccccc65)ccc43)cc(N3c4ccccc4C(c4ccccc4)(c4ccccc4)c4ccncc43)n2)c2ccc(-n3c4ccccc4c4ccccc43)cc21. The fourth-order valence-corrected chi connectivity index (χ4v) is 15.3. The molecule has 7 nitrogen and oxygen atoms in total. The van der Waals surface area contributed by atoms with Crippen LogP contribution in [0.3, 0.4) is 0 Å². The molecule has 0 saturated carbocycles. The normalized spacial score (nSPS) is 14.0. The molecular formula is C80H55N7. The monoisotopic (exact) mass is 1110 g/mol. The summed E-state index contributed by atoms with van der Waals surface area (Å²) in [7, 11) is 0. The van der Waals surface area contributed by atoms with Crippen molar-refractivity contribution in [3.63, 3.8) is 0 Å². The Balaban J connectivity index is 0.918. The molecule has 0 spiro atoms. The standard InChI is InChI=1S/C80H55N7/c1-79(2)63-32-14-21-39-73(63)86(75-44-42-55(48-66(75)79)84-69-36-18-11-29-59(69)60-30-12-19-37-70(60)84)77-49-56(85-71-38-20-13-31-61(71)62-47-54(41-43-72(62)85)83-67-34-16-9-27-57(67)58-28-10-17-35-68(58)83)50-78(82-77)87-74-40-22-15-33-64(74)80(52-23-5-3-6-24-52,53-25-7-4-8-26-53)65-45-46-81-51-76(65)87/h3-51H,1-2H3. The van der Waals surface area contributed by atoms with Crippen LogP contribution >= 0.6 is 0 Å². The molecule has 0 atom stereocenters. The number of benzene rings is 11. The Morgan fingerprint density at radius 1 is 0.287 bits per heavy atom. The zero-order chi connectivity index (χ0) is 57.5. The van der Waals surface area contributed by atoms with E-state index in [2.05, 4.69) is 322 Å². The third-order valence-electron chi connectivity index (χ3n) is 19.0. The van der Waals surface area contributed by atoms with Crippen LogP contribution < -0.4 is 9.80 Å². The van der Waals surface area contributed by atoms with Gasteiger partial charge >= 0.3 is 0 Å². The van der Waals surface area contributed by atoms with Gasteiger partial charge < -0.3 is 13.7 Å². The van der Waals surface area contributed by atoms with Gasteiger partial charge in [-0.1, -0.05) is 202 Å². The summed E-state index contributed by atoms with van der Waals surface area (Å²) in [6, 6.07) is 105. The van der Waals surface area contributed by atoms with Crippen molar-refractivity contribution >= 4 is 99.8 Å². The van der Waals surface area contributed by atoms with E-state index >= 15 is 0 Å². The number of pyridine rings is 2. The first-order valence-corrected chi connectivity index (χ1v) is 30.0. The van der Waals surface area contributed by atoms with Crippen LogP contribution in [0, 0.1) is 0 Å². The van der Waals surface area contributed by atoms with Crippen LogP contribution in [-0.4, -0.2) is 23.7 Å². The molecule has 0 N–H and O–H groups in total. The Morgan fingerprint density at radius 3 is 1.23 bits per heavy atom. The van der Waals surface area contributed by atoms with Gasteiger partial charge in [0.2, 0.25) is 0 Å². The number of nitrogens with zero attached hydrogens (tertiary/aromatic N) is 7. The highest BCUT2D eigenvalue weighted by Gasteiger charge is 2.47. The van der Waals surface area contributed by atoms with E-state index in [4.69, 9.17) is 9.97 Å². The average molecular weight is 1110 g/mol. The molecular weight excluding hydrogens is 1060 g/mol. The molecule has 87 heavy (non-hydrogen) atoms. The van der Waals surface area contributed by atoms with E-state index in [0.29, 0.717) is 0 Å². The second-order valence-electron chi connectivity index (χ2n) is 23.7. The summed E-state index contributed by atoms with van der Waals surface area (Å²) < 4.78 is 7.31. The van der Waals surface area contributed by atoms with Gasteiger partial charge in [-0.2, -0.15) is 0 Å². The summed E-state index contributed by atoms with van der Waals surface area (Å²) in [5.41, 5.74) is 20.2. The summed E-state index contributed by atoms with van der Waals surface area (Å²) >= 11 is 0. The molecule has 0 fully saturated rings. The smallest absolute Gasteiger partial charge is 0.142 e. The van der Waals surface area contributed by atoms with Crippen LogP contribution in [0.5, 0.6) is 0 Å². The Labute approximate surface area is 503 Å². The van der Waals surface area contributed by atoms with Gasteiger partial charge in [-0.25, -0.2) is 4.98 Å². The average Bonchev–Trinajstić information content (AvgIpc) is 1.60. The van der Waals surface area contributed by atoms with E-state index in [9.17, 15) is 0 Å². The van der Waals surface area contributed by atoms with Crippen molar-refractivity contribution in [3.8, 4) is 17.1 Å². The third kappa shape index (κ3) is 6.93. The fourth-order valence-electron chi connectivity index (χ4n) is 15.3. The van der Waals surface area contributed by atoms with Crippen LogP contribution in [0.4, 0.5) is 34.4 Å². The molecule has 7 heterocycles. The van der Waals surface area contributed by atoms with E-state index in [1.54, 1.807) is 0 Å². The van der Waals surface area contributed by atoms with Gasteiger partial charge in [-0.3, -0.25) is 14.8 Å². The fraction of sp³-hybridized carbons (Fsp3) is 0.0500. The maximum absolute atomic E-state index is 6.05. The number of hydrogen-bond acceptors (Lipinski definition) is 4. The summed E-state index contributed by atoms with van der Waals surface area (Å²) in [6.45, 7) is 4.75. The lowest BCUT2D eigenvalue weighted by Crippen LogP contribution is -2.38. The first-order valence-electron chi connectivity index (χ1n) is 30.0.